The number of carbonyl (C=O) groups excluding carboxylic acids is 2. The van der Waals surface area contributed by atoms with Gasteiger partial charge >= 0.3 is 6.18 Å². The van der Waals surface area contributed by atoms with E-state index in [0.717, 1.165) is 18.6 Å². The molecule has 1 atom stereocenters. The molecule has 152 valence electrons. The highest BCUT2D eigenvalue weighted by atomic mass is 19.4. The van der Waals surface area contributed by atoms with Crippen LogP contribution in [0, 0.1) is 11.8 Å². The van der Waals surface area contributed by atoms with E-state index < -0.39 is 17.3 Å². The SMILES string of the molecule is CCCC1(C)C(=O)NCCN1CC(=O)NCC#Cc1cccc(C(F)(F)F)c1. The number of nitrogens with one attached hydrogen (secondary N) is 2. The first-order valence-electron chi connectivity index (χ1n) is 9.13. The summed E-state index contributed by atoms with van der Waals surface area (Å²) in [4.78, 5) is 26.3. The molecule has 2 N–H and O–H groups in total. The molecule has 28 heavy (non-hydrogen) atoms. The van der Waals surface area contributed by atoms with Gasteiger partial charge in [-0.2, -0.15) is 13.2 Å². The Labute approximate surface area is 162 Å². The zero-order valence-electron chi connectivity index (χ0n) is 15.9. The first-order chi connectivity index (χ1) is 13.2. The Bertz CT molecular complexity index is 783. The number of rotatable bonds is 5. The van der Waals surface area contributed by atoms with Crippen LogP contribution in [0.3, 0.4) is 0 Å². The first-order valence-corrected chi connectivity index (χ1v) is 9.13. The number of carbonyl (C=O) groups is 2. The average Bonchev–Trinajstić information content (AvgIpc) is 2.63. The van der Waals surface area contributed by atoms with Gasteiger partial charge in [-0.1, -0.05) is 31.3 Å². The van der Waals surface area contributed by atoms with Gasteiger partial charge in [0.1, 0.15) is 0 Å². The minimum atomic E-state index is -4.42. The molecule has 2 rings (SSSR count). The van der Waals surface area contributed by atoms with Crippen molar-refractivity contribution in [2.24, 2.45) is 0 Å². The van der Waals surface area contributed by atoms with Gasteiger partial charge in [0.05, 0.1) is 24.2 Å². The molecule has 1 saturated heterocycles. The largest absolute Gasteiger partial charge is 0.416 e. The summed E-state index contributed by atoms with van der Waals surface area (Å²) in [6.07, 6.45) is -2.97. The highest BCUT2D eigenvalue weighted by Crippen LogP contribution is 2.29. The molecule has 0 aliphatic carbocycles. The van der Waals surface area contributed by atoms with E-state index in [1.807, 2.05) is 18.7 Å². The third kappa shape index (κ3) is 5.49. The molecule has 1 aliphatic heterocycles. The molecule has 1 heterocycles. The number of benzene rings is 1. The summed E-state index contributed by atoms with van der Waals surface area (Å²) in [6.45, 7) is 4.95. The van der Waals surface area contributed by atoms with Crippen molar-refractivity contribution < 1.29 is 22.8 Å². The monoisotopic (exact) mass is 395 g/mol. The maximum absolute atomic E-state index is 12.7. The fourth-order valence-electron chi connectivity index (χ4n) is 3.19. The Hall–Kier alpha value is -2.53. The van der Waals surface area contributed by atoms with Crippen LogP contribution in [-0.4, -0.2) is 48.4 Å². The minimum absolute atomic E-state index is 0.0135. The van der Waals surface area contributed by atoms with Crippen LogP contribution >= 0.6 is 0 Å². The fraction of sp³-hybridized carbons (Fsp3) is 0.500. The summed E-state index contributed by atoms with van der Waals surface area (Å²) in [5.41, 5.74) is -1.26. The molecule has 2 amide bonds. The van der Waals surface area contributed by atoms with Crippen LogP contribution in [0.1, 0.15) is 37.8 Å². The number of hydrogen-bond acceptors (Lipinski definition) is 3. The van der Waals surface area contributed by atoms with Gasteiger partial charge in [-0.05, 0) is 31.5 Å². The van der Waals surface area contributed by atoms with Gasteiger partial charge in [0.15, 0.2) is 0 Å². The predicted octanol–water partition coefficient (Wildman–Crippen LogP) is 2.16. The second-order valence-corrected chi connectivity index (χ2v) is 6.86. The fourth-order valence-corrected chi connectivity index (χ4v) is 3.19. The maximum Gasteiger partial charge on any atom is 0.416 e. The summed E-state index contributed by atoms with van der Waals surface area (Å²) >= 11 is 0. The van der Waals surface area contributed by atoms with Crippen molar-refractivity contribution in [2.75, 3.05) is 26.2 Å². The van der Waals surface area contributed by atoms with Crippen LogP contribution in [0.15, 0.2) is 24.3 Å². The van der Waals surface area contributed by atoms with E-state index in [1.165, 1.54) is 12.1 Å². The molecule has 1 fully saturated rings. The van der Waals surface area contributed by atoms with E-state index in [1.54, 1.807) is 0 Å². The molecule has 1 aromatic carbocycles. The van der Waals surface area contributed by atoms with E-state index in [9.17, 15) is 22.8 Å². The van der Waals surface area contributed by atoms with Gasteiger partial charge in [0.2, 0.25) is 11.8 Å². The Morgan fingerprint density at radius 3 is 2.82 bits per heavy atom. The zero-order valence-corrected chi connectivity index (χ0v) is 15.9. The highest BCUT2D eigenvalue weighted by molar-refractivity contribution is 5.88. The van der Waals surface area contributed by atoms with Crippen LogP contribution in [0.2, 0.25) is 0 Å². The molecule has 5 nitrogen and oxygen atoms in total. The van der Waals surface area contributed by atoms with E-state index in [4.69, 9.17) is 0 Å². The highest BCUT2D eigenvalue weighted by Gasteiger charge is 2.41. The van der Waals surface area contributed by atoms with Crippen molar-refractivity contribution in [3.63, 3.8) is 0 Å². The second kappa shape index (κ2) is 9.11. The van der Waals surface area contributed by atoms with Crippen molar-refractivity contribution in [2.45, 2.75) is 38.4 Å². The number of piperazine rings is 1. The summed E-state index contributed by atoms with van der Waals surface area (Å²) in [5.74, 6) is 4.91. The zero-order chi connectivity index (χ0) is 20.8. The number of alkyl halides is 3. The van der Waals surface area contributed by atoms with E-state index in [0.29, 0.717) is 19.5 Å². The average molecular weight is 395 g/mol. The second-order valence-electron chi connectivity index (χ2n) is 6.86. The van der Waals surface area contributed by atoms with Gasteiger partial charge in [0, 0.05) is 18.7 Å². The Kier molecular flexibility index (Phi) is 7.08. The van der Waals surface area contributed by atoms with E-state index in [-0.39, 0.29) is 30.5 Å². The van der Waals surface area contributed by atoms with E-state index >= 15 is 0 Å². The molecular formula is C20H24F3N3O2. The summed E-state index contributed by atoms with van der Waals surface area (Å²) < 4.78 is 38.1. The van der Waals surface area contributed by atoms with Gasteiger partial charge in [-0.3, -0.25) is 14.5 Å². The van der Waals surface area contributed by atoms with Crippen LogP contribution in [-0.2, 0) is 15.8 Å². The van der Waals surface area contributed by atoms with Gasteiger partial charge in [-0.25, -0.2) is 0 Å². The van der Waals surface area contributed by atoms with Crippen LogP contribution in [0.4, 0.5) is 13.2 Å². The number of halogens is 3. The van der Waals surface area contributed by atoms with Crippen molar-refractivity contribution >= 4 is 11.8 Å². The standard InChI is InChI=1S/C20H24F3N3O2/c1-3-9-19(2)18(28)25-11-12-26(19)14-17(27)24-10-5-7-15-6-4-8-16(13-15)20(21,22)23/h4,6,8,13H,3,9-12,14H2,1-2H3,(H,24,27)(H,25,28). The summed E-state index contributed by atoms with van der Waals surface area (Å²) in [6, 6.07) is 4.72. The topological polar surface area (TPSA) is 61.4 Å². The lowest BCUT2D eigenvalue weighted by atomic mass is 9.90. The molecule has 0 spiro atoms. The Balaban J connectivity index is 1.91. The first kappa shape index (κ1) is 21.8. The predicted molar refractivity (Wildman–Crippen MR) is 99.2 cm³/mol. The number of hydrogen-bond donors (Lipinski definition) is 2. The van der Waals surface area contributed by atoms with Crippen molar-refractivity contribution in [3.8, 4) is 11.8 Å². The molecular weight excluding hydrogens is 371 g/mol. The molecule has 0 bridgehead atoms. The van der Waals surface area contributed by atoms with E-state index in [2.05, 4.69) is 22.5 Å². The molecule has 1 aliphatic rings. The maximum atomic E-state index is 12.7. The van der Waals surface area contributed by atoms with Gasteiger partial charge in [0.25, 0.3) is 0 Å². The lowest BCUT2D eigenvalue weighted by Gasteiger charge is -2.43. The third-order valence-corrected chi connectivity index (χ3v) is 4.72. The van der Waals surface area contributed by atoms with Crippen molar-refractivity contribution in [1.29, 1.82) is 0 Å². The molecule has 1 unspecified atom stereocenters. The molecule has 0 radical (unpaired) electrons. The summed E-state index contributed by atoms with van der Waals surface area (Å²) in [7, 11) is 0. The quantitative estimate of drug-likeness (QED) is 0.752. The van der Waals surface area contributed by atoms with Crippen LogP contribution in [0.5, 0.6) is 0 Å². The number of nitrogens with zero attached hydrogens (tertiary/aromatic N) is 1. The Morgan fingerprint density at radius 1 is 1.39 bits per heavy atom. The number of amides is 2. The molecule has 0 saturated carbocycles. The molecule has 0 aromatic heterocycles. The van der Waals surface area contributed by atoms with Crippen molar-refractivity contribution in [3.05, 3.63) is 35.4 Å². The van der Waals surface area contributed by atoms with Gasteiger partial charge in [-0.15, -0.1) is 0 Å². The summed E-state index contributed by atoms with van der Waals surface area (Å²) in [5, 5.41) is 5.46. The third-order valence-electron chi connectivity index (χ3n) is 4.72. The van der Waals surface area contributed by atoms with Crippen LogP contribution in [0.25, 0.3) is 0 Å². The smallest absolute Gasteiger partial charge is 0.353 e. The minimum Gasteiger partial charge on any atom is -0.353 e. The Morgan fingerprint density at radius 2 is 2.14 bits per heavy atom. The lowest BCUT2D eigenvalue weighted by Crippen LogP contribution is -2.64. The van der Waals surface area contributed by atoms with Gasteiger partial charge < -0.3 is 10.6 Å². The normalized spacial score (nSPS) is 20.1. The molecule has 1 aromatic rings. The lowest BCUT2D eigenvalue weighted by molar-refractivity contribution is -0.139. The van der Waals surface area contributed by atoms with Crippen LogP contribution < -0.4 is 10.6 Å². The van der Waals surface area contributed by atoms with Crippen molar-refractivity contribution in [1.82, 2.24) is 15.5 Å². The molecule has 8 heteroatoms.